The molecule has 0 aliphatic carbocycles. The SMILES string of the molecule is [C-]#[N+]c1ccc(N(c2ccc(-c3ccc(C#N)cc3)cc2)c2ccc3sc4ccccc4c3c2)cc1. The normalized spacial score (nSPS) is 10.7. The first kappa shape index (κ1) is 21.6. The summed E-state index contributed by atoms with van der Waals surface area (Å²) < 4.78 is 2.55. The fraction of sp³-hybridized carbons (Fsp3) is 0. The Morgan fingerprint density at radius 3 is 1.89 bits per heavy atom. The summed E-state index contributed by atoms with van der Waals surface area (Å²) in [5, 5.41) is 11.6. The summed E-state index contributed by atoms with van der Waals surface area (Å²) >= 11 is 1.81. The molecular weight excluding hydrogens is 458 g/mol. The Kier molecular flexibility index (Phi) is 5.43. The van der Waals surface area contributed by atoms with Crippen molar-refractivity contribution in [3.05, 3.63) is 132 Å². The zero-order chi connectivity index (χ0) is 24.5. The Bertz CT molecular complexity index is 1780. The topological polar surface area (TPSA) is 31.4 Å². The van der Waals surface area contributed by atoms with E-state index in [0.717, 1.165) is 28.2 Å². The van der Waals surface area contributed by atoms with E-state index >= 15 is 0 Å². The van der Waals surface area contributed by atoms with Gasteiger partial charge in [-0.2, -0.15) is 5.26 Å². The maximum atomic E-state index is 9.09. The van der Waals surface area contributed by atoms with Gasteiger partial charge in [0.15, 0.2) is 5.69 Å². The molecule has 0 saturated heterocycles. The largest absolute Gasteiger partial charge is 0.311 e. The number of benzene rings is 5. The van der Waals surface area contributed by atoms with Crippen LogP contribution in [0.1, 0.15) is 5.56 Å². The molecule has 0 bridgehead atoms. The molecule has 4 heteroatoms. The van der Waals surface area contributed by atoms with Gasteiger partial charge >= 0.3 is 0 Å². The second kappa shape index (κ2) is 9.04. The lowest BCUT2D eigenvalue weighted by atomic mass is 10.0. The molecule has 0 saturated carbocycles. The summed E-state index contributed by atoms with van der Waals surface area (Å²) in [5.41, 5.74) is 6.52. The van der Waals surface area contributed by atoms with Gasteiger partial charge in [0.1, 0.15) is 0 Å². The molecule has 0 atom stereocenters. The van der Waals surface area contributed by atoms with Crippen molar-refractivity contribution in [2.75, 3.05) is 4.90 Å². The zero-order valence-corrected chi connectivity index (χ0v) is 20.0. The van der Waals surface area contributed by atoms with Gasteiger partial charge < -0.3 is 4.90 Å². The molecule has 168 valence electrons. The lowest BCUT2D eigenvalue weighted by Gasteiger charge is -2.26. The molecule has 0 amide bonds. The summed E-state index contributed by atoms with van der Waals surface area (Å²) in [5.74, 6) is 0. The maximum Gasteiger partial charge on any atom is 0.187 e. The van der Waals surface area contributed by atoms with Crippen LogP contribution >= 0.6 is 11.3 Å². The molecule has 1 heterocycles. The van der Waals surface area contributed by atoms with Crippen LogP contribution in [0, 0.1) is 17.9 Å². The predicted molar refractivity (Wildman–Crippen MR) is 150 cm³/mol. The predicted octanol–water partition coefficient (Wildman–Crippen LogP) is 9.61. The molecule has 6 aromatic rings. The van der Waals surface area contributed by atoms with Crippen LogP contribution in [0.5, 0.6) is 0 Å². The summed E-state index contributed by atoms with van der Waals surface area (Å²) in [7, 11) is 0. The number of hydrogen-bond donors (Lipinski definition) is 0. The molecule has 0 fully saturated rings. The van der Waals surface area contributed by atoms with Gasteiger partial charge in [-0.05, 0) is 71.8 Å². The second-order valence-corrected chi connectivity index (χ2v) is 9.56. The van der Waals surface area contributed by atoms with Crippen LogP contribution in [-0.2, 0) is 0 Å². The monoisotopic (exact) mass is 477 g/mol. The third-order valence-corrected chi connectivity index (χ3v) is 7.48. The van der Waals surface area contributed by atoms with Gasteiger partial charge in [-0.3, -0.25) is 0 Å². The first-order valence-electron chi connectivity index (χ1n) is 11.5. The van der Waals surface area contributed by atoms with Crippen LogP contribution < -0.4 is 4.90 Å². The summed E-state index contributed by atoms with van der Waals surface area (Å²) in [4.78, 5) is 5.78. The molecule has 0 radical (unpaired) electrons. The number of nitrogens with zero attached hydrogens (tertiary/aromatic N) is 3. The number of anilines is 3. The van der Waals surface area contributed by atoms with Crippen molar-refractivity contribution in [1.29, 1.82) is 5.26 Å². The highest BCUT2D eigenvalue weighted by atomic mass is 32.1. The van der Waals surface area contributed by atoms with E-state index in [1.54, 1.807) is 0 Å². The molecule has 5 aromatic carbocycles. The number of fused-ring (bicyclic) bond motifs is 3. The molecule has 1 aromatic heterocycles. The van der Waals surface area contributed by atoms with E-state index in [1.165, 1.54) is 20.2 Å². The van der Waals surface area contributed by atoms with E-state index in [2.05, 4.69) is 82.5 Å². The number of rotatable bonds is 4. The zero-order valence-electron chi connectivity index (χ0n) is 19.2. The quantitative estimate of drug-likeness (QED) is 0.237. The van der Waals surface area contributed by atoms with Gasteiger partial charge in [-0.15, -0.1) is 11.3 Å². The van der Waals surface area contributed by atoms with Gasteiger partial charge in [0.05, 0.1) is 18.2 Å². The first-order chi connectivity index (χ1) is 17.7. The van der Waals surface area contributed by atoms with E-state index < -0.39 is 0 Å². The molecule has 3 nitrogen and oxygen atoms in total. The lowest BCUT2D eigenvalue weighted by Crippen LogP contribution is -2.09. The van der Waals surface area contributed by atoms with E-state index in [-0.39, 0.29) is 0 Å². The van der Waals surface area contributed by atoms with E-state index in [1.807, 2.05) is 59.9 Å². The third-order valence-electron chi connectivity index (χ3n) is 6.33. The van der Waals surface area contributed by atoms with Crippen LogP contribution in [0.25, 0.3) is 36.1 Å². The Labute approximate surface area is 213 Å². The van der Waals surface area contributed by atoms with Gasteiger partial charge in [0.2, 0.25) is 0 Å². The minimum absolute atomic E-state index is 0.620. The highest BCUT2D eigenvalue weighted by molar-refractivity contribution is 7.25. The minimum Gasteiger partial charge on any atom is -0.311 e. The van der Waals surface area contributed by atoms with Crippen molar-refractivity contribution in [2.24, 2.45) is 0 Å². The van der Waals surface area contributed by atoms with Crippen molar-refractivity contribution >= 4 is 54.3 Å². The Morgan fingerprint density at radius 2 is 1.22 bits per heavy atom. The highest BCUT2D eigenvalue weighted by Gasteiger charge is 2.15. The fourth-order valence-corrected chi connectivity index (χ4v) is 5.60. The second-order valence-electron chi connectivity index (χ2n) is 8.48. The summed E-state index contributed by atoms with van der Waals surface area (Å²) in [6.45, 7) is 7.32. The molecule has 0 N–H and O–H groups in total. The Balaban J connectivity index is 1.47. The fourth-order valence-electron chi connectivity index (χ4n) is 4.52. The standard InChI is InChI=1S/C32H19N3S/c1-34-25-12-16-27(17-13-25)35(26-14-10-24(11-15-26)23-8-6-22(21-33)7-9-23)28-18-19-32-30(20-28)29-4-2-3-5-31(29)36-32/h2-20H. The van der Waals surface area contributed by atoms with Crippen LogP contribution in [0.15, 0.2) is 115 Å². The van der Waals surface area contributed by atoms with Gasteiger partial charge in [-0.1, -0.05) is 54.6 Å². The summed E-state index contributed by atoms with van der Waals surface area (Å²) in [6, 6.07) is 41.1. The summed E-state index contributed by atoms with van der Waals surface area (Å²) in [6.07, 6.45) is 0. The average Bonchev–Trinajstić information content (AvgIpc) is 3.32. The Morgan fingerprint density at radius 1 is 0.639 bits per heavy atom. The molecule has 6 rings (SSSR count). The highest BCUT2D eigenvalue weighted by Crippen LogP contribution is 2.41. The average molecular weight is 478 g/mol. The number of nitriles is 1. The van der Waals surface area contributed by atoms with E-state index in [9.17, 15) is 0 Å². The van der Waals surface area contributed by atoms with Gasteiger partial charge in [0.25, 0.3) is 0 Å². The van der Waals surface area contributed by atoms with Crippen molar-refractivity contribution < 1.29 is 0 Å². The van der Waals surface area contributed by atoms with Crippen molar-refractivity contribution in [2.45, 2.75) is 0 Å². The van der Waals surface area contributed by atoms with E-state index in [4.69, 9.17) is 11.8 Å². The van der Waals surface area contributed by atoms with Crippen LogP contribution in [0.3, 0.4) is 0 Å². The maximum absolute atomic E-state index is 9.09. The van der Waals surface area contributed by atoms with Gasteiger partial charge in [-0.25, -0.2) is 4.85 Å². The van der Waals surface area contributed by atoms with Crippen molar-refractivity contribution in [1.82, 2.24) is 0 Å². The first-order valence-corrected chi connectivity index (χ1v) is 12.3. The van der Waals surface area contributed by atoms with Crippen LogP contribution in [0.2, 0.25) is 0 Å². The van der Waals surface area contributed by atoms with Crippen LogP contribution in [-0.4, -0.2) is 0 Å². The van der Waals surface area contributed by atoms with Crippen molar-refractivity contribution in [3.8, 4) is 17.2 Å². The third kappa shape index (κ3) is 3.87. The molecule has 0 spiro atoms. The molecule has 36 heavy (non-hydrogen) atoms. The number of hydrogen-bond acceptors (Lipinski definition) is 3. The van der Waals surface area contributed by atoms with Crippen molar-refractivity contribution in [3.63, 3.8) is 0 Å². The van der Waals surface area contributed by atoms with Crippen LogP contribution in [0.4, 0.5) is 22.7 Å². The lowest BCUT2D eigenvalue weighted by molar-refractivity contribution is 1.29. The molecule has 0 aliphatic heterocycles. The Hall–Kier alpha value is -4.90. The van der Waals surface area contributed by atoms with E-state index in [0.29, 0.717) is 11.3 Å². The van der Waals surface area contributed by atoms with Gasteiger partial charge in [0, 0.05) is 37.2 Å². The molecule has 0 unspecified atom stereocenters. The molecule has 0 aliphatic rings. The smallest absolute Gasteiger partial charge is 0.187 e. The number of thiophene rings is 1. The molecular formula is C32H19N3S. The minimum atomic E-state index is 0.620.